The van der Waals surface area contributed by atoms with E-state index in [-0.39, 0.29) is 30.3 Å². The number of hydrogen-bond acceptors (Lipinski definition) is 7. The summed E-state index contributed by atoms with van der Waals surface area (Å²) in [6.45, 7) is 5.03. The summed E-state index contributed by atoms with van der Waals surface area (Å²) >= 11 is 0. The van der Waals surface area contributed by atoms with Crippen molar-refractivity contribution in [1.29, 1.82) is 0 Å². The van der Waals surface area contributed by atoms with Gasteiger partial charge in [-0.05, 0) is 31.5 Å². The molecule has 0 radical (unpaired) electrons. The van der Waals surface area contributed by atoms with Crippen molar-refractivity contribution in [2.45, 2.75) is 32.9 Å². The van der Waals surface area contributed by atoms with Crippen LogP contribution in [-0.2, 0) is 20.8 Å². The smallest absolute Gasteiger partial charge is 0.355 e. The highest BCUT2D eigenvalue weighted by Crippen LogP contribution is 2.42. The number of hydrogen-bond donors (Lipinski definition) is 1. The quantitative estimate of drug-likeness (QED) is 0.411. The fourth-order valence-electron chi connectivity index (χ4n) is 4.12. The highest BCUT2D eigenvalue weighted by Gasteiger charge is 2.31. The number of H-pyrrole nitrogens is 1. The number of benzene rings is 2. The Bertz CT molecular complexity index is 1170. The molecule has 0 bridgehead atoms. The van der Waals surface area contributed by atoms with Gasteiger partial charge < -0.3 is 24.1 Å². The molecule has 0 amide bonds. The van der Waals surface area contributed by atoms with Crippen LogP contribution >= 0.6 is 0 Å². The number of anilines is 1. The van der Waals surface area contributed by atoms with Crippen molar-refractivity contribution in [3.8, 4) is 5.75 Å². The first-order chi connectivity index (χ1) is 16.0. The fourth-order valence-corrected chi connectivity index (χ4v) is 4.12. The van der Waals surface area contributed by atoms with Gasteiger partial charge in [-0.25, -0.2) is 4.79 Å². The number of esters is 2. The van der Waals surface area contributed by atoms with Crippen molar-refractivity contribution in [2.24, 2.45) is 0 Å². The lowest BCUT2D eigenvalue weighted by molar-refractivity contribution is -0.144. The van der Waals surface area contributed by atoms with Crippen LogP contribution in [0.3, 0.4) is 0 Å². The normalized spacial score (nSPS) is 15.0. The maximum absolute atomic E-state index is 12.4. The minimum absolute atomic E-state index is 0.0842. The van der Waals surface area contributed by atoms with Gasteiger partial charge in [0.1, 0.15) is 11.8 Å². The zero-order chi connectivity index (χ0) is 23.4. The number of aromatic amines is 1. The second-order valence-corrected chi connectivity index (χ2v) is 7.70. The van der Waals surface area contributed by atoms with E-state index in [1.54, 1.807) is 19.9 Å². The summed E-state index contributed by atoms with van der Waals surface area (Å²) in [6, 6.07) is 13.6. The Labute approximate surface area is 191 Å². The van der Waals surface area contributed by atoms with Crippen LogP contribution in [0.2, 0.25) is 0 Å². The Morgan fingerprint density at radius 2 is 1.88 bits per heavy atom. The van der Waals surface area contributed by atoms with Crippen LogP contribution in [-0.4, -0.2) is 49.1 Å². The molecule has 0 aliphatic carbocycles. The number of aromatic nitrogens is 1. The minimum Gasteiger partial charge on any atom is -0.484 e. The predicted octanol–water partition coefficient (Wildman–Crippen LogP) is 3.88. The summed E-state index contributed by atoms with van der Waals surface area (Å²) in [7, 11) is 0. The van der Waals surface area contributed by atoms with E-state index in [9.17, 15) is 14.4 Å². The van der Waals surface area contributed by atoms with E-state index < -0.39 is 12.1 Å². The predicted molar refractivity (Wildman–Crippen MR) is 123 cm³/mol. The summed E-state index contributed by atoms with van der Waals surface area (Å²) in [5, 5.41) is 0.559. The molecule has 0 saturated heterocycles. The molecule has 0 spiro atoms. The molecule has 3 aromatic rings. The first kappa shape index (κ1) is 22.4. The van der Waals surface area contributed by atoms with Crippen molar-refractivity contribution >= 4 is 34.8 Å². The summed E-state index contributed by atoms with van der Waals surface area (Å²) in [4.78, 5) is 41.6. The van der Waals surface area contributed by atoms with E-state index in [0.717, 1.165) is 11.3 Å². The number of nitrogens with one attached hydrogen (secondary N) is 1. The highest BCUT2D eigenvalue weighted by molar-refractivity contribution is 6.10. The molecule has 4 rings (SSSR count). The van der Waals surface area contributed by atoms with E-state index in [4.69, 9.17) is 14.2 Å². The molecular weight excluding hydrogens is 424 g/mol. The largest absolute Gasteiger partial charge is 0.484 e. The van der Waals surface area contributed by atoms with Crippen LogP contribution in [0, 0.1) is 0 Å². The lowest BCUT2D eigenvalue weighted by Gasteiger charge is -2.36. The summed E-state index contributed by atoms with van der Waals surface area (Å²) in [6.07, 6.45) is 0.263. The molecule has 2 heterocycles. The molecule has 1 N–H and O–H groups in total. The molecule has 1 aliphatic rings. The Balaban J connectivity index is 1.79. The Hall–Kier alpha value is -3.81. The van der Waals surface area contributed by atoms with Crippen molar-refractivity contribution in [1.82, 2.24) is 4.98 Å². The topological polar surface area (TPSA) is 97.9 Å². The number of aldehydes is 1. The van der Waals surface area contributed by atoms with E-state index in [1.165, 1.54) is 0 Å². The molecular formula is C25H26N2O6. The lowest BCUT2D eigenvalue weighted by Crippen LogP contribution is -2.41. The Morgan fingerprint density at radius 3 is 2.58 bits per heavy atom. The molecule has 1 aromatic heterocycles. The summed E-state index contributed by atoms with van der Waals surface area (Å²) in [5.74, 6) is -0.461. The first-order valence-electron chi connectivity index (χ1n) is 11.0. The van der Waals surface area contributed by atoms with Crippen LogP contribution < -0.4 is 9.64 Å². The van der Waals surface area contributed by atoms with Crippen molar-refractivity contribution in [3.05, 3.63) is 59.3 Å². The highest BCUT2D eigenvalue weighted by atomic mass is 16.5. The standard InChI is InChI=1S/C25H26N2O6/c1-3-31-21(29)12-17-14-27(13-16-8-6-5-7-9-16)20-11-10-18-19(15-28)23(25(30)32-4-2)26-22(18)24(20)33-17/h5-11,15,17,26H,3-4,12-14H2,1-2H3. The Kier molecular flexibility index (Phi) is 6.63. The maximum Gasteiger partial charge on any atom is 0.355 e. The lowest BCUT2D eigenvalue weighted by atomic mass is 10.1. The average Bonchev–Trinajstić information content (AvgIpc) is 3.19. The van der Waals surface area contributed by atoms with Gasteiger partial charge in [0.2, 0.25) is 0 Å². The van der Waals surface area contributed by atoms with Gasteiger partial charge in [0, 0.05) is 11.9 Å². The van der Waals surface area contributed by atoms with E-state index in [1.807, 2.05) is 36.4 Å². The third-order valence-electron chi connectivity index (χ3n) is 5.51. The zero-order valence-electron chi connectivity index (χ0n) is 18.6. The van der Waals surface area contributed by atoms with Gasteiger partial charge >= 0.3 is 11.9 Å². The van der Waals surface area contributed by atoms with Gasteiger partial charge in [-0.3, -0.25) is 9.59 Å². The number of carbonyl (C=O) groups excluding carboxylic acids is 3. The van der Waals surface area contributed by atoms with Crippen LogP contribution in [0.4, 0.5) is 5.69 Å². The van der Waals surface area contributed by atoms with Gasteiger partial charge in [-0.2, -0.15) is 0 Å². The number of rotatable bonds is 8. The number of nitrogens with zero attached hydrogens (tertiary/aromatic N) is 1. The molecule has 0 fully saturated rings. The van der Waals surface area contributed by atoms with Crippen LogP contribution in [0.15, 0.2) is 42.5 Å². The van der Waals surface area contributed by atoms with Gasteiger partial charge in [0.15, 0.2) is 12.0 Å². The molecule has 172 valence electrons. The third kappa shape index (κ3) is 4.55. The van der Waals surface area contributed by atoms with Gasteiger partial charge in [-0.15, -0.1) is 0 Å². The van der Waals surface area contributed by atoms with Crippen molar-refractivity contribution < 1.29 is 28.6 Å². The van der Waals surface area contributed by atoms with Gasteiger partial charge in [0.05, 0.1) is 42.9 Å². The second kappa shape index (κ2) is 9.77. The van der Waals surface area contributed by atoms with Crippen LogP contribution in [0.1, 0.15) is 46.7 Å². The molecule has 1 unspecified atom stereocenters. The van der Waals surface area contributed by atoms with Crippen LogP contribution in [0.5, 0.6) is 5.75 Å². The van der Waals surface area contributed by atoms with E-state index >= 15 is 0 Å². The molecule has 1 atom stereocenters. The zero-order valence-corrected chi connectivity index (χ0v) is 18.6. The van der Waals surface area contributed by atoms with Crippen LogP contribution in [0.25, 0.3) is 10.9 Å². The first-order valence-corrected chi connectivity index (χ1v) is 11.0. The molecule has 8 nitrogen and oxygen atoms in total. The number of carbonyl (C=O) groups is 3. The summed E-state index contributed by atoms with van der Waals surface area (Å²) in [5.41, 5.74) is 2.73. The monoisotopic (exact) mass is 450 g/mol. The maximum atomic E-state index is 12.4. The minimum atomic E-state index is -0.607. The van der Waals surface area contributed by atoms with Gasteiger partial charge in [-0.1, -0.05) is 30.3 Å². The van der Waals surface area contributed by atoms with Gasteiger partial charge in [0.25, 0.3) is 0 Å². The molecule has 0 saturated carbocycles. The van der Waals surface area contributed by atoms with Crippen molar-refractivity contribution in [2.75, 3.05) is 24.7 Å². The summed E-state index contributed by atoms with van der Waals surface area (Å²) < 4.78 is 16.5. The molecule has 1 aliphatic heterocycles. The molecule has 2 aromatic carbocycles. The number of ether oxygens (including phenoxy) is 3. The third-order valence-corrected chi connectivity index (χ3v) is 5.51. The molecule has 33 heavy (non-hydrogen) atoms. The average molecular weight is 450 g/mol. The second-order valence-electron chi connectivity index (χ2n) is 7.70. The SMILES string of the molecule is CCOC(=O)CC1CN(Cc2ccccc2)c2ccc3c(C=O)c(C(=O)OCC)[nH]c3c2O1. The van der Waals surface area contributed by atoms with E-state index in [2.05, 4.69) is 9.88 Å². The fraction of sp³-hybridized carbons (Fsp3) is 0.320. The number of fused-ring (bicyclic) bond motifs is 3. The van der Waals surface area contributed by atoms with Crippen molar-refractivity contribution in [3.63, 3.8) is 0 Å². The molecule has 8 heteroatoms. The van der Waals surface area contributed by atoms with E-state index in [0.29, 0.717) is 42.6 Å². The Morgan fingerprint density at radius 1 is 1.12 bits per heavy atom.